The Morgan fingerprint density at radius 1 is 1.50 bits per heavy atom. The van der Waals surface area contributed by atoms with Crippen molar-refractivity contribution in [1.82, 2.24) is 4.98 Å². The van der Waals surface area contributed by atoms with Crippen LogP contribution in [-0.2, 0) is 4.74 Å². The molecule has 0 aliphatic carbocycles. The van der Waals surface area contributed by atoms with Crippen molar-refractivity contribution in [3.05, 3.63) is 18.3 Å². The Morgan fingerprint density at radius 2 is 2.31 bits per heavy atom. The molecule has 0 unspecified atom stereocenters. The van der Waals surface area contributed by atoms with Crippen molar-refractivity contribution in [3.63, 3.8) is 0 Å². The van der Waals surface area contributed by atoms with Crippen LogP contribution >= 0.6 is 0 Å². The summed E-state index contributed by atoms with van der Waals surface area (Å²) in [5.41, 5.74) is 1.14. The molecule has 16 heavy (non-hydrogen) atoms. The molecule has 4 nitrogen and oxygen atoms in total. The van der Waals surface area contributed by atoms with Crippen molar-refractivity contribution < 1.29 is 4.74 Å². The Morgan fingerprint density at radius 3 is 3.00 bits per heavy atom. The minimum atomic E-state index is -0.0681. The Labute approximate surface area is 96.6 Å². The maximum atomic E-state index is 5.70. The highest BCUT2D eigenvalue weighted by Gasteiger charge is 2.27. The fourth-order valence-electron chi connectivity index (χ4n) is 1.99. The zero-order valence-electron chi connectivity index (χ0n) is 10.2. The van der Waals surface area contributed by atoms with Gasteiger partial charge in [0.2, 0.25) is 0 Å². The fraction of sp³-hybridized carbons (Fsp3) is 0.583. The van der Waals surface area contributed by atoms with Crippen LogP contribution in [0.3, 0.4) is 0 Å². The lowest BCUT2D eigenvalue weighted by Gasteiger charge is -2.39. The third kappa shape index (κ3) is 2.44. The van der Waals surface area contributed by atoms with Crippen LogP contribution < -0.4 is 10.2 Å². The summed E-state index contributed by atoms with van der Waals surface area (Å²) in [6, 6.07) is 4.11. The molecule has 1 N–H and O–H groups in total. The van der Waals surface area contributed by atoms with Gasteiger partial charge in [0.05, 0.1) is 12.2 Å². The van der Waals surface area contributed by atoms with E-state index in [1.807, 2.05) is 19.3 Å². The Balaban J connectivity index is 2.16. The van der Waals surface area contributed by atoms with Gasteiger partial charge in [0, 0.05) is 38.1 Å². The molecule has 1 saturated heterocycles. The first-order chi connectivity index (χ1) is 7.61. The second kappa shape index (κ2) is 4.29. The fourth-order valence-corrected chi connectivity index (χ4v) is 1.99. The van der Waals surface area contributed by atoms with E-state index in [1.165, 1.54) is 5.69 Å². The predicted octanol–water partition coefficient (Wildman–Crippen LogP) is 1.74. The van der Waals surface area contributed by atoms with E-state index in [-0.39, 0.29) is 5.60 Å². The molecule has 1 aliphatic rings. The second-order valence-electron chi connectivity index (χ2n) is 4.68. The van der Waals surface area contributed by atoms with E-state index in [9.17, 15) is 0 Å². The number of morpholine rings is 1. The van der Waals surface area contributed by atoms with E-state index in [0.29, 0.717) is 0 Å². The monoisotopic (exact) mass is 221 g/mol. The second-order valence-corrected chi connectivity index (χ2v) is 4.68. The molecule has 88 valence electrons. The highest BCUT2D eigenvalue weighted by molar-refractivity contribution is 5.54. The van der Waals surface area contributed by atoms with Gasteiger partial charge in [-0.05, 0) is 19.9 Å². The molecule has 0 saturated carbocycles. The van der Waals surface area contributed by atoms with Gasteiger partial charge in [0.15, 0.2) is 0 Å². The number of rotatable bonds is 2. The number of anilines is 2. The lowest BCUT2D eigenvalue weighted by atomic mass is 10.1. The summed E-state index contributed by atoms with van der Waals surface area (Å²) in [4.78, 5) is 6.56. The van der Waals surface area contributed by atoms with Crippen LogP contribution in [0, 0.1) is 0 Å². The third-order valence-corrected chi connectivity index (χ3v) is 2.79. The summed E-state index contributed by atoms with van der Waals surface area (Å²) in [5.74, 6) is 0.904. The molecule has 2 rings (SSSR count). The molecule has 4 heteroatoms. The van der Waals surface area contributed by atoms with E-state index in [0.717, 1.165) is 25.5 Å². The molecular formula is C12H19N3O. The molecule has 0 atom stereocenters. The lowest BCUT2D eigenvalue weighted by molar-refractivity contribution is -0.0276. The van der Waals surface area contributed by atoms with Crippen LogP contribution in [0.25, 0.3) is 0 Å². The maximum Gasteiger partial charge on any atom is 0.127 e. The number of aromatic nitrogens is 1. The van der Waals surface area contributed by atoms with Gasteiger partial charge >= 0.3 is 0 Å². The first-order valence-corrected chi connectivity index (χ1v) is 5.63. The number of nitrogens with zero attached hydrogens (tertiary/aromatic N) is 2. The standard InChI is InChI=1S/C12H19N3O/c1-12(2)9-15(6-7-16-12)10-4-5-14-11(8-10)13-3/h4-5,8H,6-7,9H2,1-3H3,(H,13,14). The number of ether oxygens (including phenoxy) is 1. The predicted molar refractivity (Wildman–Crippen MR) is 66.0 cm³/mol. The Hall–Kier alpha value is -1.29. The number of pyridine rings is 1. The molecule has 1 aliphatic heterocycles. The molecule has 0 aromatic carbocycles. The SMILES string of the molecule is CNc1cc(N2CCOC(C)(C)C2)ccn1. The van der Waals surface area contributed by atoms with Crippen LogP contribution in [-0.4, -0.2) is 37.3 Å². The number of nitrogens with one attached hydrogen (secondary N) is 1. The molecule has 0 amide bonds. The van der Waals surface area contributed by atoms with Crippen molar-refractivity contribution in [2.24, 2.45) is 0 Å². The van der Waals surface area contributed by atoms with Crippen LogP contribution in [0.2, 0.25) is 0 Å². The van der Waals surface area contributed by atoms with Crippen molar-refractivity contribution in [2.75, 3.05) is 37.0 Å². The lowest BCUT2D eigenvalue weighted by Crippen LogP contribution is -2.48. The van der Waals surface area contributed by atoms with Gasteiger partial charge in [-0.15, -0.1) is 0 Å². The number of hydrogen-bond acceptors (Lipinski definition) is 4. The van der Waals surface area contributed by atoms with E-state index in [2.05, 4.69) is 35.1 Å². The molecule has 0 bridgehead atoms. The average molecular weight is 221 g/mol. The van der Waals surface area contributed by atoms with Crippen molar-refractivity contribution in [1.29, 1.82) is 0 Å². The highest BCUT2D eigenvalue weighted by atomic mass is 16.5. The van der Waals surface area contributed by atoms with E-state index in [4.69, 9.17) is 4.74 Å². The quantitative estimate of drug-likeness (QED) is 0.825. The van der Waals surface area contributed by atoms with Gasteiger partial charge in [-0.1, -0.05) is 0 Å². The third-order valence-electron chi connectivity index (χ3n) is 2.79. The molecular weight excluding hydrogens is 202 g/mol. The summed E-state index contributed by atoms with van der Waals surface area (Å²) in [7, 11) is 1.88. The number of hydrogen-bond donors (Lipinski definition) is 1. The van der Waals surface area contributed by atoms with Gasteiger partial charge in [0.25, 0.3) is 0 Å². The average Bonchev–Trinajstić information content (AvgIpc) is 2.28. The van der Waals surface area contributed by atoms with E-state index < -0.39 is 0 Å². The molecule has 1 aromatic heterocycles. The maximum absolute atomic E-state index is 5.70. The van der Waals surface area contributed by atoms with Crippen LogP contribution in [0.1, 0.15) is 13.8 Å². The van der Waals surface area contributed by atoms with Crippen LogP contribution in [0.15, 0.2) is 18.3 Å². The minimum Gasteiger partial charge on any atom is -0.373 e. The van der Waals surface area contributed by atoms with Gasteiger partial charge in [-0.2, -0.15) is 0 Å². The molecule has 1 fully saturated rings. The Bertz CT molecular complexity index is 365. The summed E-state index contributed by atoms with van der Waals surface area (Å²) < 4.78 is 5.70. The normalized spacial score (nSPS) is 19.6. The zero-order valence-corrected chi connectivity index (χ0v) is 10.2. The molecule has 2 heterocycles. The van der Waals surface area contributed by atoms with Crippen molar-refractivity contribution in [3.8, 4) is 0 Å². The van der Waals surface area contributed by atoms with Gasteiger partial charge in [-0.3, -0.25) is 0 Å². The van der Waals surface area contributed by atoms with Crippen LogP contribution in [0.5, 0.6) is 0 Å². The first kappa shape index (κ1) is 11.2. The van der Waals surface area contributed by atoms with Crippen molar-refractivity contribution in [2.45, 2.75) is 19.4 Å². The molecule has 1 aromatic rings. The highest BCUT2D eigenvalue weighted by Crippen LogP contribution is 2.23. The summed E-state index contributed by atoms with van der Waals surface area (Å²) in [6.07, 6.45) is 1.84. The largest absolute Gasteiger partial charge is 0.373 e. The minimum absolute atomic E-state index is 0.0681. The first-order valence-electron chi connectivity index (χ1n) is 5.63. The van der Waals surface area contributed by atoms with Crippen LogP contribution in [0.4, 0.5) is 11.5 Å². The zero-order chi connectivity index (χ0) is 11.6. The van der Waals surface area contributed by atoms with E-state index >= 15 is 0 Å². The van der Waals surface area contributed by atoms with Gasteiger partial charge in [-0.25, -0.2) is 4.98 Å². The van der Waals surface area contributed by atoms with Gasteiger partial charge < -0.3 is 15.0 Å². The smallest absolute Gasteiger partial charge is 0.127 e. The molecule has 0 radical (unpaired) electrons. The summed E-state index contributed by atoms with van der Waals surface area (Å²) >= 11 is 0. The van der Waals surface area contributed by atoms with Crippen molar-refractivity contribution >= 4 is 11.5 Å². The Kier molecular flexibility index (Phi) is 3.01. The molecule has 0 spiro atoms. The van der Waals surface area contributed by atoms with Gasteiger partial charge in [0.1, 0.15) is 5.82 Å². The summed E-state index contributed by atoms with van der Waals surface area (Å²) in [5, 5.41) is 3.06. The topological polar surface area (TPSA) is 37.4 Å². The summed E-state index contributed by atoms with van der Waals surface area (Å²) in [6.45, 7) is 6.89. The van der Waals surface area contributed by atoms with E-state index in [1.54, 1.807) is 0 Å².